The van der Waals surface area contributed by atoms with E-state index in [0.29, 0.717) is 17.7 Å². The van der Waals surface area contributed by atoms with Crippen LogP contribution in [0.2, 0.25) is 5.15 Å². The summed E-state index contributed by atoms with van der Waals surface area (Å²) < 4.78 is 5.66. The van der Waals surface area contributed by atoms with Gasteiger partial charge in [-0.3, -0.25) is 0 Å². The van der Waals surface area contributed by atoms with Crippen molar-refractivity contribution in [2.45, 2.75) is 46.1 Å². The molecule has 1 unspecified atom stereocenters. The first kappa shape index (κ1) is 14.4. The molecule has 1 aromatic rings. The highest BCUT2D eigenvalue weighted by molar-refractivity contribution is 6.29. The zero-order valence-electron chi connectivity index (χ0n) is 10.7. The SMILES string of the molecule is CCCCC(CC)COCc1ccc(Cl)nn1. The Morgan fingerprint density at radius 1 is 1.29 bits per heavy atom. The van der Waals surface area contributed by atoms with Gasteiger partial charge >= 0.3 is 0 Å². The Balaban J connectivity index is 2.23. The largest absolute Gasteiger partial charge is 0.375 e. The van der Waals surface area contributed by atoms with E-state index in [-0.39, 0.29) is 0 Å². The number of aromatic nitrogens is 2. The second-order valence-corrected chi connectivity index (χ2v) is 4.67. The van der Waals surface area contributed by atoms with E-state index in [9.17, 15) is 0 Å². The van der Waals surface area contributed by atoms with Gasteiger partial charge in [0.05, 0.1) is 12.3 Å². The summed E-state index contributed by atoms with van der Waals surface area (Å²) in [6.45, 7) is 5.76. The third kappa shape index (κ3) is 5.99. The molecule has 1 aromatic heterocycles. The van der Waals surface area contributed by atoms with Crippen molar-refractivity contribution >= 4 is 11.6 Å². The van der Waals surface area contributed by atoms with Crippen molar-refractivity contribution in [1.29, 1.82) is 0 Å². The molecule has 0 aliphatic rings. The molecule has 0 aromatic carbocycles. The van der Waals surface area contributed by atoms with Gasteiger partial charge in [-0.2, -0.15) is 5.10 Å². The summed E-state index contributed by atoms with van der Waals surface area (Å²) >= 11 is 5.66. The van der Waals surface area contributed by atoms with E-state index in [0.717, 1.165) is 12.3 Å². The van der Waals surface area contributed by atoms with Crippen LogP contribution in [0, 0.1) is 5.92 Å². The van der Waals surface area contributed by atoms with Gasteiger partial charge in [0.15, 0.2) is 5.15 Å². The van der Waals surface area contributed by atoms with Gasteiger partial charge in [-0.15, -0.1) is 5.10 Å². The minimum Gasteiger partial charge on any atom is -0.375 e. The summed E-state index contributed by atoms with van der Waals surface area (Å²) in [5, 5.41) is 8.16. The average molecular weight is 257 g/mol. The molecule has 96 valence electrons. The van der Waals surface area contributed by atoms with Gasteiger partial charge < -0.3 is 4.74 Å². The first-order chi connectivity index (χ1) is 8.26. The van der Waals surface area contributed by atoms with Crippen LogP contribution >= 0.6 is 11.6 Å². The second-order valence-electron chi connectivity index (χ2n) is 4.28. The van der Waals surface area contributed by atoms with E-state index in [1.165, 1.54) is 25.7 Å². The van der Waals surface area contributed by atoms with Crippen LogP contribution in [0.15, 0.2) is 12.1 Å². The lowest BCUT2D eigenvalue weighted by Crippen LogP contribution is -2.09. The molecule has 17 heavy (non-hydrogen) atoms. The maximum atomic E-state index is 5.66. The van der Waals surface area contributed by atoms with Gasteiger partial charge in [-0.1, -0.05) is 44.7 Å². The van der Waals surface area contributed by atoms with Gasteiger partial charge in [-0.25, -0.2) is 0 Å². The summed E-state index contributed by atoms with van der Waals surface area (Å²) in [5.41, 5.74) is 0.833. The fraction of sp³-hybridized carbons (Fsp3) is 0.692. The molecule has 0 radical (unpaired) electrons. The van der Waals surface area contributed by atoms with E-state index in [4.69, 9.17) is 16.3 Å². The summed E-state index contributed by atoms with van der Waals surface area (Å²) in [7, 11) is 0. The molecule has 1 rings (SSSR count). The third-order valence-electron chi connectivity index (χ3n) is 2.83. The van der Waals surface area contributed by atoms with Gasteiger partial charge in [0.2, 0.25) is 0 Å². The highest BCUT2D eigenvalue weighted by atomic mass is 35.5. The summed E-state index contributed by atoms with van der Waals surface area (Å²) in [6.07, 6.45) is 4.95. The fourth-order valence-corrected chi connectivity index (χ4v) is 1.75. The van der Waals surface area contributed by atoms with E-state index >= 15 is 0 Å². The lowest BCUT2D eigenvalue weighted by molar-refractivity contribution is 0.0795. The van der Waals surface area contributed by atoms with E-state index < -0.39 is 0 Å². The van der Waals surface area contributed by atoms with Crippen molar-refractivity contribution in [3.05, 3.63) is 23.0 Å². The summed E-state index contributed by atoms with van der Waals surface area (Å²) in [5.74, 6) is 0.662. The molecule has 0 amide bonds. The van der Waals surface area contributed by atoms with Crippen LogP contribution in [-0.4, -0.2) is 16.8 Å². The number of hydrogen-bond donors (Lipinski definition) is 0. The standard InChI is InChI=1S/C13H21ClN2O/c1-3-5-6-11(4-2)9-17-10-12-7-8-13(14)16-15-12/h7-8,11H,3-6,9-10H2,1-2H3. The van der Waals surface area contributed by atoms with Crippen LogP contribution in [-0.2, 0) is 11.3 Å². The predicted octanol–water partition coefficient (Wildman–Crippen LogP) is 3.86. The minimum absolute atomic E-state index is 0.420. The zero-order chi connectivity index (χ0) is 12.5. The van der Waals surface area contributed by atoms with Crippen LogP contribution < -0.4 is 0 Å². The first-order valence-corrected chi connectivity index (χ1v) is 6.69. The molecule has 0 bridgehead atoms. The Morgan fingerprint density at radius 3 is 2.71 bits per heavy atom. The van der Waals surface area contributed by atoms with Crippen LogP contribution in [0.25, 0.3) is 0 Å². The second kappa shape index (κ2) is 8.43. The molecule has 0 saturated carbocycles. The fourth-order valence-electron chi connectivity index (χ4n) is 1.65. The molecule has 0 aliphatic carbocycles. The normalized spacial score (nSPS) is 12.6. The van der Waals surface area contributed by atoms with E-state index in [1.807, 2.05) is 6.07 Å². The highest BCUT2D eigenvalue weighted by Crippen LogP contribution is 2.13. The van der Waals surface area contributed by atoms with E-state index in [2.05, 4.69) is 24.0 Å². The number of unbranched alkanes of at least 4 members (excludes halogenated alkanes) is 1. The quantitative estimate of drug-likeness (QED) is 0.708. The average Bonchev–Trinajstić information content (AvgIpc) is 2.36. The lowest BCUT2D eigenvalue weighted by atomic mass is 10.0. The lowest BCUT2D eigenvalue weighted by Gasteiger charge is -2.14. The molecule has 0 N–H and O–H groups in total. The maximum Gasteiger partial charge on any atom is 0.151 e. The monoisotopic (exact) mass is 256 g/mol. The van der Waals surface area contributed by atoms with Gasteiger partial charge in [-0.05, 0) is 24.5 Å². The third-order valence-corrected chi connectivity index (χ3v) is 3.04. The van der Waals surface area contributed by atoms with Crippen molar-refractivity contribution < 1.29 is 4.74 Å². The molecule has 1 heterocycles. The van der Waals surface area contributed by atoms with Crippen molar-refractivity contribution in [2.75, 3.05) is 6.61 Å². The van der Waals surface area contributed by atoms with Gasteiger partial charge in [0.25, 0.3) is 0 Å². The van der Waals surface area contributed by atoms with Crippen molar-refractivity contribution in [1.82, 2.24) is 10.2 Å². The summed E-state index contributed by atoms with van der Waals surface area (Å²) in [4.78, 5) is 0. The topological polar surface area (TPSA) is 35.0 Å². The minimum atomic E-state index is 0.420. The molecular weight excluding hydrogens is 236 g/mol. The molecule has 0 saturated heterocycles. The smallest absolute Gasteiger partial charge is 0.151 e. The predicted molar refractivity (Wildman–Crippen MR) is 70.0 cm³/mol. The van der Waals surface area contributed by atoms with Crippen LogP contribution in [0.4, 0.5) is 0 Å². The summed E-state index contributed by atoms with van der Waals surface area (Å²) in [6, 6.07) is 3.59. The van der Waals surface area contributed by atoms with E-state index in [1.54, 1.807) is 6.07 Å². The number of halogens is 1. The van der Waals surface area contributed by atoms with Gasteiger partial charge in [0, 0.05) is 6.61 Å². The number of ether oxygens (including phenoxy) is 1. The first-order valence-electron chi connectivity index (χ1n) is 6.32. The van der Waals surface area contributed by atoms with Crippen LogP contribution in [0.3, 0.4) is 0 Å². The number of hydrogen-bond acceptors (Lipinski definition) is 3. The Bertz CT molecular complexity index is 303. The Morgan fingerprint density at radius 2 is 2.12 bits per heavy atom. The molecule has 1 atom stereocenters. The number of nitrogens with zero attached hydrogens (tertiary/aromatic N) is 2. The molecule has 0 spiro atoms. The van der Waals surface area contributed by atoms with Crippen LogP contribution in [0.1, 0.15) is 45.2 Å². The van der Waals surface area contributed by atoms with Crippen molar-refractivity contribution in [2.24, 2.45) is 5.92 Å². The molecule has 3 nitrogen and oxygen atoms in total. The molecule has 0 aliphatic heterocycles. The zero-order valence-corrected chi connectivity index (χ0v) is 11.4. The number of rotatable bonds is 8. The van der Waals surface area contributed by atoms with Gasteiger partial charge in [0.1, 0.15) is 0 Å². The Hall–Kier alpha value is -0.670. The molecule has 4 heteroatoms. The Kier molecular flexibility index (Phi) is 7.13. The maximum absolute atomic E-state index is 5.66. The molecule has 0 fully saturated rings. The van der Waals surface area contributed by atoms with Crippen LogP contribution in [0.5, 0.6) is 0 Å². The van der Waals surface area contributed by atoms with Crippen molar-refractivity contribution in [3.63, 3.8) is 0 Å². The Labute approximate surface area is 109 Å². The molecular formula is C13H21ClN2O. The van der Waals surface area contributed by atoms with Crippen molar-refractivity contribution in [3.8, 4) is 0 Å². The highest BCUT2D eigenvalue weighted by Gasteiger charge is 2.06.